The topological polar surface area (TPSA) is 85.9 Å². The van der Waals surface area contributed by atoms with Crippen LogP contribution in [0.15, 0.2) is 133 Å². The molecule has 0 fully saturated rings. The largest absolute Gasteiger partial charge is 0.493 e. The first-order valence-electron chi connectivity index (χ1n) is 14.6. The fraction of sp³-hybridized carbons (Fsp3) is 0.158. The summed E-state index contributed by atoms with van der Waals surface area (Å²) in [5.74, 6) is -0.653. The van der Waals surface area contributed by atoms with E-state index in [9.17, 15) is 9.59 Å². The number of hydrogen-bond donors (Lipinski definition) is 2. The zero-order valence-electron chi connectivity index (χ0n) is 25.5. The Morgan fingerprint density at radius 3 is 1.04 bits per heavy atom. The second kappa shape index (κ2) is 14.8. The van der Waals surface area contributed by atoms with Crippen molar-refractivity contribution in [2.24, 2.45) is 0 Å². The van der Waals surface area contributed by atoms with Crippen LogP contribution in [0, 0.1) is 0 Å². The van der Waals surface area contributed by atoms with Gasteiger partial charge >= 0.3 is 0 Å². The van der Waals surface area contributed by atoms with Crippen molar-refractivity contribution < 1.29 is 23.8 Å². The quantitative estimate of drug-likeness (QED) is 0.158. The number of nitrogens with one attached hydrogen (secondary N) is 2. The van der Waals surface area contributed by atoms with Crippen molar-refractivity contribution in [1.82, 2.24) is 10.6 Å². The van der Waals surface area contributed by atoms with Crippen LogP contribution < -0.4 is 24.8 Å². The number of methoxy groups -OCH3 is 3. The van der Waals surface area contributed by atoms with E-state index in [2.05, 4.69) is 10.6 Å². The van der Waals surface area contributed by atoms with Gasteiger partial charge in [0, 0.05) is 5.56 Å². The van der Waals surface area contributed by atoms with Crippen molar-refractivity contribution in [3.8, 4) is 17.2 Å². The van der Waals surface area contributed by atoms with Crippen LogP contribution in [0.2, 0.25) is 0 Å². The molecule has 7 nitrogen and oxygen atoms in total. The lowest BCUT2D eigenvalue weighted by Gasteiger charge is -2.28. The van der Waals surface area contributed by atoms with Gasteiger partial charge in [-0.2, -0.15) is 0 Å². The second-order valence-electron chi connectivity index (χ2n) is 10.4. The summed E-state index contributed by atoms with van der Waals surface area (Å²) in [5, 5.41) is 6.27. The minimum atomic E-state index is -0.955. The normalized spacial score (nSPS) is 10.9. The first kappa shape index (κ1) is 30.9. The molecule has 0 spiro atoms. The van der Waals surface area contributed by atoms with E-state index in [1.54, 1.807) is 12.1 Å². The molecule has 0 bridgehead atoms. The molecular formula is C38H36N2O5. The molecule has 0 saturated carbocycles. The van der Waals surface area contributed by atoms with Crippen molar-refractivity contribution in [2.75, 3.05) is 21.3 Å². The molecule has 5 aromatic rings. The van der Waals surface area contributed by atoms with Gasteiger partial charge in [-0.15, -0.1) is 0 Å². The van der Waals surface area contributed by atoms with Crippen LogP contribution in [0.4, 0.5) is 0 Å². The van der Waals surface area contributed by atoms with Crippen LogP contribution in [-0.4, -0.2) is 33.1 Å². The zero-order chi connectivity index (χ0) is 31.6. The highest BCUT2D eigenvalue weighted by Crippen LogP contribution is 2.40. The Bertz CT molecular complexity index is 1500. The minimum absolute atomic E-state index is 0.289. The fourth-order valence-electron chi connectivity index (χ4n) is 5.49. The van der Waals surface area contributed by atoms with Crippen molar-refractivity contribution in [1.29, 1.82) is 0 Å². The molecule has 0 unspecified atom stereocenters. The fourth-order valence-corrected chi connectivity index (χ4v) is 5.49. The number of amides is 2. The molecule has 2 amide bonds. The molecule has 0 radical (unpaired) electrons. The third kappa shape index (κ3) is 7.16. The molecule has 0 aliphatic rings. The van der Waals surface area contributed by atoms with E-state index in [4.69, 9.17) is 14.2 Å². The molecule has 0 heterocycles. The lowest BCUT2D eigenvalue weighted by Crippen LogP contribution is -2.44. The number of carbonyl (C=O) groups is 2. The number of benzene rings is 5. The number of hydrogen-bond acceptors (Lipinski definition) is 5. The minimum Gasteiger partial charge on any atom is -0.493 e. The van der Waals surface area contributed by atoms with Crippen molar-refractivity contribution >= 4 is 11.8 Å². The molecule has 5 aromatic carbocycles. The highest BCUT2D eigenvalue weighted by Gasteiger charge is 2.30. The summed E-state index contributed by atoms with van der Waals surface area (Å²) in [6.07, 6.45) is -0.955. The first-order chi connectivity index (χ1) is 22.0. The van der Waals surface area contributed by atoms with Gasteiger partial charge in [0.2, 0.25) is 17.6 Å². The van der Waals surface area contributed by atoms with Crippen molar-refractivity contribution in [2.45, 2.75) is 18.0 Å². The molecular weight excluding hydrogens is 564 g/mol. The third-order valence-electron chi connectivity index (χ3n) is 7.65. The number of ether oxygens (including phenoxy) is 3. The molecule has 0 aliphatic carbocycles. The predicted octanol–water partition coefficient (Wildman–Crippen LogP) is 6.61. The van der Waals surface area contributed by atoms with Gasteiger partial charge in [-0.3, -0.25) is 9.59 Å². The average molecular weight is 601 g/mol. The second-order valence-corrected chi connectivity index (χ2v) is 10.4. The maximum atomic E-state index is 14.3. The Labute approximate surface area is 263 Å². The Balaban J connectivity index is 1.58. The van der Waals surface area contributed by atoms with Gasteiger partial charge in [0.25, 0.3) is 0 Å². The SMILES string of the molecule is COc1cc(C(NC(=O)C(c2ccccc2)c2ccccc2)NC(=O)C(c2ccccc2)c2ccccc2)cc(OC)c1OC. The van der Waals surface area contributed by atoms with Crippen molar-refractivity contribution in [3.05, 3.63) is 161 Å². The van der Waals surface area contributed by atoms with E-state index in [-0.39, 0.29) is 11.8 Å². The summed E-state index contributed by atoms with van der Waals surface area (Å²) >= 11 is 0. The Hall–Kier alpha value is -5.56. The van der Waals surface area contributed by atoms with Crippen LogP contribution >= 0.6 is 0 Å². The van der Waals surface area contributed by atoms with Crippen molar-refractivity contribution in [3.63, 3.8) is 0 Å². The summed E-state index contributed by atoms with van der Waals surface area (Å²) in [7, 11) is 4.57. The Morgan fingerprint density at radius 2 is 0.778 bits per heavy atom. The molecule has 7 heteroatoms. The third-order valence-corrected chi connectivity index (χ3v) is 7.65. The summed E-state index contributed by atoms with van der Waals surface area (Å²) in [6.45, 7) is 0. The van der Waals surface area contributed by atoms with Gasteiger partial charge in [-0.1, -0.05) is 121 Å². The molecule has 2 N–H and O–H groups in total. The van der Waals surface area contributed by atoms with Gasteiger partial charge in [0.05, 0.1) is 33.2 Å². The van der Waals surface area contributed by atoms with Crippen LogP contribution in [0.1, 0.15) is 45.8 Å². The average Bonchev–Trinajstić information content (AvgIpc) is 3.09. The highest BCUT2D eigenvalue weighted by atomic mass is 16.5. The lowest BCUT2D eigenvalue weighted by molar-refractivity contribution is -0.125. The van der Waals surface area contributed by atoms with E-state index < -0.39 is 18.0 Å². The van der Waals surface area contributed by atoms with Gasteiger partial charge in [0.15, 0.2) is 11.5 Å². The lowest BCUT2D eigenvalue weighted by atomic mass is 9.89. The maximum Gasteiger partial charge on any atom is 0.233 e. The zero-order valence-corrected chi connectivity index (χ0v) is 25.5. The number of carbonyl (C=O) groups excluding carboxylic acids is 2. The predicted molar refractivity (Wildman–Crippen MR) is 175 cm³/mol. The Morgan fingerprint density at radius 1 is 0.467 bits per heavy atom. The standard InChI is InChI=1S/C38H36N2O5/c1-43-31-24-30(25-32(44-2)35(31)45-3)36(39-37(41)33(26-16-8-4-9-17-26)27-18-10-5-11-19-27)40-38(42)34(28-20-12-6-13-21-28)29-22-14-7-15-23-29/h4-25,33-34,36H,1-3H3,(H,39,41)(H,40,42). The number of rotatable bonds is 12. The van der Waals surface area contributed by atoms with E-state index in [0.717, 1.165) is 22.3 Å². The molecule has 0 saturated heterocycles. The van der Waals surface area contributed by atoms with Crippen LogP contribution in [-0.2, 0) is 9.59 Å². The molecule has 0 aliphatic heterocycles. The molecule has 228 valence electrons. The van der Waals surface area contributed by atoms with Gasteiger partial charge in [-0.05, 0) is 34.4 Å². The monoisotopic (exact) mass is 600 g/mol. The van der Waals surface area contributed by atoms with Crippen LogP contribution in [0.5, 0.6) is 17.2 Å². The molecule has 45 heavy (non-hydrogen) atoms. The van der Waals surface area contributed by atoms with Crippen LogP contribution in [0.3, 0.4) is 0 Å². The molecule has 5 rings (SSSR count). The first-order valence-corrected chi connectivity index (χ1v) is 14.6. The van der Waals surface area contributed by atoms with E-state index in [1.807, 2.05) is 121 Å². The van der Waals surface area contributed by atoms with E-state index in [1.165, 1.54) is 21.3 Å². The maximum absolute atomic E-state index is 14.3. The Kier molecular flexibility index (Phi) is 10.1. The van der Waals surface area contributed by atoms with Gasteiger partial charge in [-0.25, -0.2) is 0 Å². The summed E-state index contributed by atoms with van der Waals surface area (Å²) in [5.41, 5.74) is 3.83. The van der Waals surface area contributed by atoms with E-state index >= 15 is 0 Å². The van der Waals surface area contributed by atoms with Gasteiger partial charge < -0.3 is 24.8 Å². The summed E-state index contributed by atoms with van der Waals surface area (Å²) < 4.78 is 16.8. The molecule has 0 aromatic heterocycles. The highest BCUT2D eigenvalue weighted by molar-refractivity contribution is 5.90. The van der Waals surface area contributed by atoms with Crippen LogP contribution in [0.25, 0.3) is 0 Å². The summed E-state index contributed by atoms with van der Waals surface area (Å²) in [4.78, 5) is 28.6. The molecule has 0 atom stereocenters. The van der Waals surface area contributed by atoms with E-state index in [0.29, 0.717) is 22.8 Å². The summed E-state index contributed by atoms with van der Waals surface area (Å²) in [6, 6.07) is 41.7. The van der Waals surface area contributed by atoms with Gasteiger partial charge in [0.1, 0.15) is 6.17 Å². The smallest absolute Gasteiger partial charge is 0.233 e.